The molecule has 6 heteroatoms. The highest BCUT2D eigenvalue weighted by Crippen LogP contribution is 2.22. The van der Waals surface area contributed by atoms with Gasteiger partial charge in [0.1, 0.15) is 5.82 Å². The molecule has 1 saturated heterocycles. The number of amides is 1. The molecule has 104 valence electrons. The van der Waals surface area contributed by atoms with E-state index < -0.39 is 0 Å². The molecule has 2 rings (SSSR count). The monoisotopic (exact) mass is 283 g/mol. The van der Waals surface area contributed by atoms with Crippen LogP contribution in [0.1, 0.15) is 30.1 Å². The van der Waals surface area contributed by atoms with Crippen LogP contribution in [-0.2, 0) is 4.74 Å². The Balaban J connectivity index is 1.92. The van der Waals surface area contributed by atoms with Crippen LogP contribution in [0, 0.1) is 5.92 Å². The fourth-order valence-corrected chi connectivity index (χ4v) is 2.44. The van der Waals surface area contributed by atoms with Gasteiger partial charge < -0.3 is 15.8 Å². The zero-order valence-electron chi connectivity index (χ0n) is 10.9. The van der Waals surface area contributed by atoms with Gasteiger partial charge in [-0.2, -0.15) is 0 Å². The second-order valence-electron chi connectivity index (χ2n) is 4.67. The summed E-state index contributed by atoms with van der Waals surface area (Å²) in [5, 5.41) is 3.19. The van der Waals surface area contributed by atoms with E-state index in [1.807, 2.05) is 0 Å². The standard InChI is InChI=1S/C13H18ClN3O2/c1-2-11-8(3-4-19-11)6-17-13(18)9-5-10(14)12(15)16-7-9/h5,7-8,11H,2-4,6H2,1H3,(H2,15,16)(H,17,18). The minimum absolute atomic E-state index is 0.184. The maximum Gasteiger partial charge on any atom is 0.252 e. The lowest BCUT2D eigenvalue weighted by Gasteiger charge is -2.17. The van der Waals surface area contributed by atoms with Crippen LogP contribution in [0.3, 0.4) is 0 Å². The van der Waals surface area contributed by atoms with Crippen molar-refractivity contribution in [2.24, 2.45) is 5.92 Å². The maximum absolute atomic E-state index is 12.0. The van der Waals surface area contributed by atoms with Crippen molar-refractivity contribution in [1.82, 2.24) is 10.3 Å². The number of nitrogens with one attached hydrogen (secondary N) is 1. The molecule has 0 aromatic carbocycles. The first-order valence-electron chi connectivity index (χ1n) is 6.42. The normalized spacial score (nSPS) is 22.4. The third-order valence-electron chi connectivity index (χ3n) is 3.41. The molecule has 0 spiro atoms. The van der Waals surface area contributed by atoms with Crippen LogP contribution < -0.4 is 11.1 Å². The molecule has 1 fully saturated rings. The summed E-state index contributed by atoms with van der Waals surface area (Å²) in [7, 11) is 0. The minimum atomic E-state index is -0.184. The Morgan fingerprint density at radius 2 is 2.47 bits per heavy atom. The molecule has 2 unspecified atom stereocenters. The van der Waals surface area contributed by atoms with Crippen LogP contribution in [0.5, 0.6) is 0 Å². The number of hydrogen-bond donors (Lipinski definition) is 2. The molecule has 3 N–H and O–H groups in total. The second kappa shape index (κ2) is 6.21. The molecule has 1 aromatic rings. The van der Waals surface area contributed by atoms with Gasteiger partial charge in [-0.25, -0.2) is 4.98 Å². The molecule has 0 aliphatic carbocycles. The smallest absolute Gasteiger partial charge is 0.252 e. The number of halogens is 1. The summed E-state index contributed by atoms with van der Waals surface area (Å²) in [5.41, 5.74) is 5.93. The van der Waals surface area contributed by atoms with Gasteiger partial charge in [-0.1, -0.05) is 18.5 Å². The van der Waals surface area contributed by atoms with E-state index in [0.29, 0.717) is 23.0 Å². The van der Waals surface area contributed by atoms with Crippen molar-refractivity contribution >= 4 is 23.3 Å². The van der Waals surface area contributed by atoms with E-state index in [1.54, 1.807) is 0 Å². The van der Waals surface area contributed by atoms with Crippen molar-refractivity contribution < 1.29 is 9.53 Å². The van der Waals surface area contributed by atoms with Gasteiger partial charge in [0.2, 0.25) is 0 Å². The lowest BCUT2D eigenvalue weighted by molar-refractivity contribution is 0.0827. The van der Waals surface area contributed by atoms with E-state index in [2.05, 4.69) is 17.2 Å². The number of nitrogen functional groups attached to an aromatic ring is 1. The molecule has 5 nitrogen and oxygen atoms in total. The third-order valence-corrected chi connectivity index (χ3v) is 3.71. The van der Waals surface area contributed by atoms with Crippen molar-refractivity contribution in [3.8, 4) is 0 Å². The Morgan fingerprint density at radius 3 is 3.16 bits per heavy atom. The second-order valence-corrected chi connectivity index (χ2v) is 5.07. The number of nitrogens with two attached hydrogens (primary N) is 1. The summed E-state index contributed by atoms with van der Waals surface area (Å²) >= 11 is 5.84. The van der Waals surface area contributed by atoms with Gasteiger partial charge >= 0.3 is 0 Å². The number of aromatic nitrogens is 1. The number of anilines is 1. The first-order chi connectivity index (χ1) is 9.11. The van der Waals surface area contributed by atoms with Crippen LogP contribution in [-0.4, -0.2) is 30.1 Å². The molecule has 1 aliphatic heterocycles. The van der Waals surface area contributed by atoms with E-state index in [0.717, 1.165) is 19.4 Å². The fourth-order valence-electron chi connectivity index (χ4n) is 2.28. The molecule has 1 aliphatic rings. The largest absolute Gasteiger partial charge is 0.382 e. The Morgan fingerprint density at radius 1 is 1.68 bits per heavy atom. The van der Waals surface area contributed by atoms with Crippen LogP contribution in [0.25, 0.3) is 0 Å². The van der Waals surface area contributed by atoms with Crippen LogP contribution in [0.15, 0.2) is 12.3 Å². The van der Waals surface area contributed by atoms with Crippen molar-refractivity contribution in [1.29, 1.82) is 0 Å². The topological polar surface area (TPSA) is 77.2 Å². The zero-order valence-corrected chi connectivity index (χ0v) is 11.6. The Bertz CT molecular complexity index is 467. The molecule has 1 aromatic heterocycles. The van der Waals surface area contributed by atoms with Crippen molar-refractivity contribution in [2.45, 2.75) is 25.9 Å². The number of nitrogens with zero attached hydrogens (tertiary/aromatic N) is 1. The summed E-state index contributed by atoms with van der Waals surface area (Å²) in [6, 6.07) is 1.53. The third kappa shape index (κ3) is 3.36. The van der Waals surface area contributed by atoms with Gasteiger partial charge in [0, 0.05) is 25.3 Å². The van der Waals surface area contributed by atoms with E-state index in [1.165, 1.54) is 12.3 Å². The summed E-state index contributed by atoms with van der Waals surface area (Å²) in [4.78, 5) is 15.8. The molecular formula is C13H18ClN3O2. The van der Waals surface area contributed by atoms with Crippen LogP contribution >= 0.6 is 11.6 Å². The van der Waals surface area contributed by atoms with Crippen LogP contribution in [0.4, 0.5) is 5.82 Å². The first kappa shape index (κ1) is 14.1. The predicted octanol–water partition coefficient (Wildman–Crippen LogP) is 1.86. The highest BCUT2D eigenvalue weighted by Gasteiger charge is 2.26. The van der Waals surface area contributed by atoms with Crippen molar-refractivity contribution in [2.75, 3.05) is 18.9 Å². The number of hydrogen-bond acceptors (Lipinski definition) is 4. The molecular weight excluding hydrogens is 266 g/mol. The Labute approximate surface area is 117 Å². The first-order valence-corrected chi connectivity index (χ1v) is 6.80. The average molecular weight is 284 g/mol. The molecule has 0 radical (unpaired) electrons. The number of carbonyl (C=O) groups excluding carboxylic acids is 1. The number of ether oxygens (including phenoxy) is 1. The molecule has 0 saturated carbocycles. The quantitative estimate of drug-likeness (QED) is 0.884. The fraction of sp³-hybridized carbons (Fsp3) is 0.538. The van der Waals surface area contributed by atoms with Gasteiger partial charge in [-0.05, 0) is 18.9 Å². The summed E-state index contributed by atoms with van der Waals surface area (Å²) in [6.07, 6.45) is 3.63. The highest BCUT2D eigenvalue weighted by atomic mass is 35.5. The van der Waals surface area contributed by atoms with Gasteiger partial charge in [-0.15, -0.1) is 0 Å². The summed E-state index contributed by atoms with van der Waals surface area (Å²) in [6.45, 7) is 3.47. The van der Waals surface area contributed by atoms with Crippen molar-refractivity contribution in [3.63, 3.8) is 0 Å². The van der Waals surface area contributed by atoms with E-state index in [4.69, 9.17) is 22.1 Å². The molecule has 2 atom stereocenters. The summed E-state index contributed by atoms with van der Waals surface area (Å²) in [5.74, 6) is 0.427. The van der Waals surface area contributed by atoms with Crippen LogP contribution in [0.2, 0.25) is 5.02 Å². The molecule has 19 heavy (non-hydrogen) atoms. The molecule has 2 heterocycles. The Hall–Kier alpha value is -1.33. The van der Waals surface area contributed by atoms with E-state index in [9.17, 15) is 4.79 Å². The maximum atomic E-state index is 12.0. The zero-order chi connectivity index (χ0) is 13.8. The lowest BCUT2D eigenvalue weighted by Crippen LogP contribution is -2.32. The SMILES string of the molecule is CCC1OCCC1CNC(=O)c1cnc(N)c(Cl)c1. The van der Waals surface area contributed by atoms with Gasteiger partial charge in [0.25, 0.3) is 5.91 Å². The highest BCUT2D eigenvalue weighted by molar-refractivity contribution is 6.33. The number of pyridine rings is 1. The summed E-state index contributed by atoms with van der Waals surface area (Å²) < 4.78 is 5.59. The van der Waals surface area contributed by atoms with E-state index >= 15 is 0 Å². The molecule has 0 bridgehead atoms. The van der Waals surface area contributed by atoms with E-state index in [-0.39, 0.29) is 17.8 Å². The Kier molecular flexibility index (Phi) is 4.61. The predicted molar refractivity (Wildman–Crippen MR) is 74.1 cm³/mol. The number of rotatable bonds is 4. The molecule has 1 amide bonds. The van der Waals surface area contributed by atoms with Gasteiger partial charge in [0.15, 0.2) is 0 Å². The lowest BCUT2D eigenvalue weighted by atomic mass is 9.99. The van der Waals surface area contributed by atoms with Crippen molar-refractivity contribution in [3.05, 3.63) is 22.8 Å². The van der Waals surface area contributed by atoms with Gasteiger partial charge in [0.05, 0.1) is 16.7 Å². The van der Waals surface area contributed by atoms with Gasteiger partial charge in [-0.3, -0.25) is 4.79 Å². The number of carbonyl (C=O) groups is 1. The average Bonchev–Trinajstić information content (AvgIpc) is 2.86. The minimum Gasteiger partial charge on any atom is -0.382 e.